The molecule has 1 unspecified atom stereocenters. The van der Waals surface area contributed by atoms with Gasteiger partial charge in [0.25, 0.3) is 0 Å². The van der Waals surface area contributed by atoms with Gasteiger partial charge in [0, 0.05) is 16.4 Å². The summed E-state index contributed by atoms with van der Waals surface area (Å²) in [5, 5.41) is 6.42. The number of aryl methyl sites for hydroxylation is 1. The summed E-state index contributed by atoms with van der Waals surface area (Å²) in [6.45, 7) is 4.08. The lowest BCUT2D eigenvalue weighted by Gasteiger charge is -2.13. The van der Waals surface area contributed by atoms with Gasteiger partial charge in [-0.1, -0.05) is 13.0 Å². The predicted octanol–water partition coefficient (Wildman–Crippen LogP) is 3.47. The van der Waals surface area contributed by atoms with Crippen LogP contribution >= 0.6 is 22.9 Å². The highest BCUT2D eigenvalue weighted by Crippen LogP contribution is 2.26. The lowest BCUT2D eigenvalue weighted by molar-refractivity contribution is 0.762. The van der Waals surface area contributed by atoms with Crippen LogP contribution in [0.1, 0.15) is 30.1 Å². The van der Waals surface area contributed by atoms with Crippen LogP contribution in [0.2, 0.25) is 0 Å². The first kappa shape index (κ1) is 10.6. The van der Waals surface area contributed by atoms with Gasteiger partial charge in [-0.3, -0.25) is 0 Å². The maximum Gasteiger partial charge on any atom is 0.203 e. The molecule has 80 valence electrons. The second kappa shape index (κ2) is 4.72. The van der Waals surface area contributed by atoms with Gasteiger partial charge in [-0.05, 0) is 24.8 Å². The number of hydrogen-bond donors (Lipinski definition) is 1. The van der Waals surface area contributed by atoms with Crippen LogP contribution in [0.4, 0.5) is 5.13 Å². The molecular formula is C10H13N3S2. The fourth-order valence-corrected chi connectivity index (χ4v) is 2.86. The maximum absolute atomic E-state index is 4.31. The fourth-order valence-electron chi connectivity index (χ4n) is 1.37. The lowest BCUT2D eigenvalue weighted by atomic mass is 10.2. The standard InChI is InChI=1S/C10H13N3S2/c1-3-8(9-5-4-6-14-9)12-10-11-7(2)13-15-10/h4-6,8H,3H2,1-2H3,(H,11,12,13). The van der Waals surface area contributed by atoms with E-state index in [1.807, 2.05) is 6.92 Å². The molecule has 0 aliphatic rings. The number of nitrogens with zero attached hydrogens (tertiary/aromatic N) is 2. The normalized spacial score (nSPS) is 12.7. The largest absolute Gasteiger partial charge is 0.353 e. The third kappa shape index (κ3) is 2.54. The molecule has 1 N–H and O–H groups in total. The topological polar surface area (TPSA) is 37.8 Å². The molecule has 0 bridgehead atoms. The first-order chi connectivity index (χ1) is 7.29. The Balaban J connectivity index is 2.09. The number of anilines is 1. The van der Waals surface area contributed by atoms with Gasteiger partial charge in [0.15, 0.2) is 0 Å². The molecule has 0 aromatic carbocycles. The Morgan fingerprint density at radius 2 is 2.40 bits per heavy atom. The van der Waals surface area contributed by atoms with Crippen molar-refractivity contribution in [1.29, 1.82) is 0 Å². The van der Waals surface area contributed by atoms with Crippen molar-refractivity contribution in [3.05, 3.63) is 28.2 Å². The zero-order valence-electron chi connectivity index (χ0n) is 8.73. The Morgan fingerprint density at radius 1 is 1.53 bits per heavy atom. The highest BCUT2D eigenvalue weighted by atomic mass is 32.1. The molecule has 2 heterocycles. The van der Waals surface area contributed by atoms with Crippen LogP contribution in [0, 0.1) is 6.92 Å². The average molecular weight is 239 g/mol. The third-order valence-electron chi connectivity index (χ3n) is 2.12. The van der Waals surface area contributed by atoms with E-state index < -0.39 is 0 Å². The van der Waals surface area contributed by atoms with E-state index in [9.17, 15) is 0 Å². The number of nitrogens with one attached hydrogen (secondary N) is 1. The van der Waals surface area contributed by atoms with Gasteiger partial charge in [-0.15, -0.1) is 11.3 Å². The van der Waals surface area contributed by atoms with Crippen LogP contribution < -0.4 is 5.32 Å². The maximum atomic E-state index is 4.31. The van der Waals surface area contributed by atoms with Crippen molar-refractivity contribution in [2.24, 2.45) is 0 Å². The van der Waals surface area contributed by atoms with Crippen molar-refractivity contribution >= 4 is 28.0 Å². The molecular weight excluding hydrogens is 226 g/mol. The Hall–Kier alpha value is -0.940. The molecule has 15 heavy (non-hydrogen) atoms. The molecule has 0 saturated carbocycles. The Kier molecular flexibility index (Phi) is 3.33. The average Bonchev–Trinajstić information content (AvgIpc) is 2.85. The Labute approximate surface area is 97.4 Å². The quantitative estimate of drug-likeness (QED) is 0.887. The first-order valence-electron chi connectivity index (χ1n) is 4.90. The van der Waals surface area contributed by atoms with Crippen LogP contribution in [0.5, 0.6) is 0 Å². The summed E-state index contributed by atoms with van der Waals surface area (Å²) < 4.78 is 4.16. The van der Waals surface area contributed by atoms with Gasteiger partial charge in [-0.25, -0.2) is 4.98 Å². The molecule has 0 fully saturated rings. The van der Waals surface area contributed by atoms with Gasteiger partial charge in [-0.2, -0.15) is 4.37 Å². The number of thiophene rings is 1. The molecule has 1 atom stereocenters. The van der Waals surface area contributed by atoms with Crippen LogP contribution in [0.25, 0.3) is 0 Å². The van der Waals surface area contributed by atoms with Crippen molar-refractivity contribution in [2.75, 3.05) is 5.32 Å². The smallest absolute Gasteiger partial charge is 0.203 e. The first-order valence-corrected chi connectivity index (χ1v) is 6.55. The lowest BCUT2D eigenvalue weighted by Crippen LogP contribution is -2.07. The molecule has 0 radical (unpaired) electrons. The molecule has 2 rings (SSSR count). The SMILES string of the molecule is CCC(Nc1nc(C)ns1)c1cccs1. The van der Waals surface area contributed by atoms with Gasteiger partial charge in [0.2, 0.25) is 5.13 Å². The second-order valence-corrected chi connectivity index (χ2v) is 5.00. The molecule has 3 nitrogen and oxygen atoms in total. The molecule has 0 spiro atoms. The third-order valence-corrected chi connectivity index (χ3v) is 3.84. The van der Waals surface area contributed by atoms with E-state index in [-0.39, 0.29) is 0 Å². The molecule has 0 aliphatic heterocycles. The van der Waals surface area contributed by atoms with Crippen molar-refractivity contribution < 1.29 is 0 Å². The summed E-state index contributed by atoms with van der Waals surface area (Å²) in [6, 6.07) is 4.59. The summed E-state index contributed by atoms with van der Waals surface area (Å²) in [6.07, 6.45) is 1.05. The zero-order chi connectivity index (χ0) is 10.7. The van der Waals surface area contributed by atoms with E-state index >= 15 is 0 Å². The molecule has 0 amide bonds. The molecule has 2 aromatic heterocycles. The summed E-state index contributed by atoms with van der Waals surface area (Å²) in [7, 11) is 0. The molecule has 0 aliphatic carbocycles. The van der Waals surface area contributed by atoms with E-state index in [0.29, 0.717) is 6.04 Å². The zero-order valence-corrected chi connectivity index (χ0v) is 10.4. The van der Waals surface area contributed by atoms with Gasteiger partial charge < -0.3 is 5.32 Å². The van der Waals surface area contributed by atoms with Crippen LogP contribution in [0.15, 0.2) is 17.5 Å². The molecule has 2 aromatic rings. The molecule has 0 saturated heterocycles. The van der Waals surface area contributed by atoms with Crippen molar-refractivity contribution in [3.63, 3.8) is 0 Å². The van der Waals surface area contributed by atoms with Crippen LogP contribution in [-0.4, -0.2) is 9.36 Å². The fraction of sp³-hybridized carbons (Fsp3) is 0.400. The summed E-state index contributed by atoms with van der Waals surface area (Å²) >= 11 is 3.20. The highest BCUT2D eigenvalue weighted by Gasteiger charge is 2.11. The summed E-state index contributed by atoms with van der Waals surface area (Å²) in [4.78, 5) is 5.66. The molecule has 5 heteroatoms. The minimum atomic E-state index is 0.359. The van der Waals surface area contributed by atoms with Crippen molar-refractivity contribution in [2.45, 2.75) is 26.3 Å². The monoisotopic (exact) mass is 239 g/mol. The summed E-state index contributed by atoms with van der Waals surface area (Å²) in [5.41, 5.74) is 0. The van der Waals surface area contributed by atoms with E-state index in [4.69, 9.17) is 0 Å². The van der Waals surface area contributed by atoms with Crippen LogP contribution in [-0.2, 0) is 0 Å². The van der Waals surface area contributed by atoms with Crippen LogP contribution in [0.3, 0.4) is 0 Å². The van der Waals surface area contributed by atoms with E-state index in [2.05, 4.69) is 39.1 Å². The Morgan fingerprint density at radius 3 is 2.93 bits per heavy atom. The highest BCUT2D eigenvalue weighted by molar-refractivity contribution is 7.10. The van der Waals surface area contributed by atoms with E-state index in [1.165, 1.54) is 16.4 Å². The van der Waals surface area contributed by atoms with E-state index in [1.54, 1.807) is 11.3 Å². The van der Waals surface area contributed by atoms with E-state index in [0.717, 1.165) is 17.4 Å². The predicted molar refractivity (Wildman–Crippen MR) is 65.6 cm³/mol. The Bertz CT molecular complexity index is 408. The van der Waals surface area contributed by atoms with Gasteiger partial charge in [0.1, 0.15) is 5.82 Å². The minimum absolute atomic E-state index is 0.359. The summed E-state index contributed by atoms with van der Waals surface area (Å²) in [5.74, 6) is 0.837. The number of aromatic nitrogens is 2. The van der Waals surface area contributed by atoms with Gasteiger partial charge in [0.05, 0.1) is 6.04 Å². The number of hydrogen-bond acceptors (Lipinski definition) is 5. The van der Waals surface area contributed by atoms with Crippen molar-refractivity contribution in [1.82, 2.24) is 9.36 Å². The second-order valence-electron chi connectivity index (χ2n) is 3.27. The van der Waals surface area contributed by atoms with Crippen molar-refractivity contribution in [3.8, 4) is 0 Å². The van der Waals surface area contributed by atoms with Gasteiger partial charge >= 0.3 is 0 Å². The minimum Gasteiger partial charge on any atom is -0.353 e. The number of rotatable bonds is 4.